The number of ether oxygens (including phenoxy) is 1. The maximum Gasteiger partial charge on any atom is 0.224 e. The van der Waals surface area contributed by atoms with Gasteiger partial charge in [0.25, 0.3) is 0 Å². The Kier molecular flexibility index (Phi) is 6.29. The highest BCUT2D eigenvalue weighted by Crippen LogP contribution is 2.23. The molecule has 1 aliphatic heterocycles. The molecular weight excluding hydrogens is 324 g/mol. The van der Waals surface area contributed by atoms with Gasteiger partial charge < -0.3 is 15.0 Å². The molecule has 0 bridgehead atoms. The van der Waals surface area contributed by atoms with Crippen molar-refractivity contribution in [2.24, 2.45) is 0 Å². The minimum Gasteiger partial charge on any atom is -0.380 e. The van der Waals surface area contributed by atoms with Crippen molar-refractivity contribution in [1.82, 2.24) is 0 Å². The van der Waals surface area contributed by atoms with Crippen molar-refractivity contribution in [3.05, 3.63) is 59.7 Å². The van der Waals surface area contributed by atoms with Crippen LogP contribution in [0.25, 0.3) is 0 Å². The Morgan fingerprint density at radius 2 is 1.96 bits per heavy atom. The zero-order chi connectivity index (χ0) is 18.4. The van der Waals surface area contributed by atoms with Crippen LogP contribution in [0.4, 0.5) is 11.4 Å². The Balaban J connectivity index is 1.52. The molecule has 4 nitrogen and oxygen atoms in total. The molecule has 1 atom stereocenters. The Morgan fingerprint density at radius 3 is 2.69 bits per heavy atom. The van der Waals surface area contributed by atoms with Crippen LogP contribution in [0.2, 0.25) is 0 Å². The van der Waals surface area contributed by atoms with E-state index in [1.807, 2.05) is 24.3 Å². The van der Waals surface area contributed by atoms with Gasteiger partial charge in [-0.15, -0.1) is 0 Å². The standard InChI is InChI=1S/C22H28N2O2/c1-17-6-3-4-7-18(17)9-14-22(25)23-19-10-12-20(13-11-19)24-15-5-8-21(16-24)26-2/h3-4,6-7,10-13,21H,5,8-9,14-16H2,1-2H3,(H,23,25). The number of aryl methyl sites for hydroxylation is 2. The van der Waals surface area contributed by atoms with Gasteiger partial charge in [-0.3, -0.25) is 4.79 Å². The molecular formula is C22H28N2O2. The fourth-order valence-electron chi connectivity index (χ4n) is 3.48. The summed E-state index contributed by atoms with van der Waals surface area (Å²) >= 11 is 0. The van der Waals surface area contributed by atoms with Crippen molar-refractivity contribution in [2.45, 2.75) is 38.7 Å². The number of hydrogen-bond acceptors (Lipinski definition) is 3. The molecule has 2 aromatic rings. The minimum absolute atomic E-state index is 0.0541. The maximum absolute atomic E-state index is 12.2. The SMILES string of the molecule is COC1CCCN(c2ccc(NC(=O)CCc3ccccc3C)cc2)C1. The average molecular weight is 352 g/mol. The zero-order valence-corrected chi connectivity index (χ0v) is 15.7. The molecule has 1 fully saturated rings. The second kappa shape index (κ2) is 8.86. The summed E-state index contributed by atoms with van der Waals surface area (Å²) in [5.74, 6) is 0.0541. The summed E-state index contributed by atoms with van der Waals surface area (Å²) in [5.41, 5.74) is 4.50. The number of piperidine rings is 1. The molecule has 2 aromatic carbocycles. The molecule has 0 radical (unpaired) electrons. The third-order valence-corrected chi connectivity index (χ3v) is 5.11. The van der Waals surface area contributed by atoms with Crippen molar-refractivity contribution in [1.29, 1.82) is 0 Å². The molecule has 0 saturated carbocycles. The van der Waals surface area contributed by atoms with Gasteiger partial charge >= 0.3 is 0 Å². The maximum atomic E-state index is 12.2. The Labute approximate surface area is 156 Å². The topological polar surface area (TPSA) is 41.6 Å². The van der Waals surface area contributed by atoms with E-state index in [0.717, 1.165) is 38.0 Å². The summed E-state index contributed by atoms with van der Waals surface area (Å²) in [6.07, 6.45) is 3.85. The van der Waals surface area contributed by atoms with E-state index in [1.54, 1.807) is 7.11 Å². The van der Waals surface area contributed by atoms with E-state index in [4.69, 9.17) is 4.74 Å². The lowest BCUT2D eigenvalue weighted by Crippen LogP contribution is -2.39. The lowest BCUT2D eigenvalue weighted by atomic mass is 10.0. The summed E-state index contributed by atoms with van der Waals surface area (Å²) in [7, 11) is 1.78. The summed E-state index contributed by atoms with van der Waals surface area (Å²) in [5, 5.41) is 3.00. The number of anilines is 2. The van der Waals surface area contributed by atoms with Gasteiger partial charge in [0.05, 0.1) is 6.10 Å². The number of hydrogen-bond donors (Lipinski definition) is 1. The Morgan fingerprint density at radius 1 is 1.19 bits per heavy atom. The first-order valence-electron chi connectivity index (χ1n) is 9.38. The van der Waals surface area contributed by atoms with Crippen LogP contribution in [0, 0.1) is 6.92 Å². The smallest absolute Gasteiger partial charge is 0.224 e. The fourth-order valence-corrected chi connectivity index (χ4v) is 3.48. The Bertz CT molecular complexity index is 727. The van der Waals surface area contributed by atoms with Gasteiger partial charge in [-0.1, -0.05) is 24.3 Å². The van der Waals surface area contributed by atoms with Gasteiger partial charge in [-0.25, -0.2) is 0 Å². The van der Waals surface area contributed by atoms with E-state index in [1.165, 1.54) is 16.8 Å². The predicted molar refractivity (Wildman–Crippen MR) is 107 cm³/mol. The monoisotopic (exact) mass is 352 g/mol. The van der Waals surface area contributed by atoms with E-state index in [9.17, 15) is 4.79 Å². The quantitative estimate of drug-likeness (QED) is 0.848. The molecule has 26 heavy (non-hydrogen) atoms. The van der Waals surface area contributed by atoms with Crippen molar-refractivity contribution in [2.75, 3.05) is 30.4 Å². The molecule has 1 N–H and O–H groups in total. The number of rotatable bonds is 6. The van der Waals surface area contributed by atoms with Crippen LogP contribution in [0.3, 0.4) is 0 Å². The van der Waals surface area contributed by atoms with Crippen LogP contribution in [0.1, 0.15) is 30.4 Å². The molecule has 0 aromatic heterocycles. The molecule has 1 saturated heterocycles. The number of amides is 1. The highest BCUT2D eigenvalue weighted by Gasteiger charge is 2.19. The normalized spacial score (nSPS) is 17.2. The zero-order valence-electron chi connectivity index (χ0n) is 15.7. The van der Waals surface area contributed by atoms with E-state index in [2.05, 4.69) is 41.4 Å². The van der Waals surface area contributed by atoms with Crippen LogP contribution < -0.4 is 10.2 Å². The summed E-state index contributed by atoms with van der Waals surface area (Å²) < 4.78 is 5.49. The van der Waals surface area contributed by atoms with Crippen LogP contribution in [0.5, 0.6) is 0 Å². The Hall–Kier alpha value is -2.33. The number of methoxy groups -OCH3 is 1. The summed E-state index contributed by atoms with van der Waals surface area (Å²) in [6.45, 7) is 4.07. The molecule has 1 aliphatic rings. The third kappa shape index (κ3) is 4.85. The molecule has 3 rings (SSSR count). The molecule has 1 heterocycles. The minimum atomic E-state index is 0.0541. The number of benzene rings is 2. The molecule has 1 unspecified atom stereocenters. The summed E-state index contributed by atoms with van der Waals surface area (Å²) in [4.78, 5) is 14.6. The van der Waals surface area contributed by atoms with Gasteiger partial charge in [0, 0.05) is 38.0 Å². The van der Waals surface area contributed by atoms with Crippen LogP contribution >= 0.6 is 0 Å². The lowest BCUT2D eigenvalue weighted by Gasteiger charge is -2.33. The van der Waals surface area contributed by atoms with E-state index < -0.39 is 0 Å². The number of nitrogens with one attached hydrogen (secondary N) is 1. The molecule has 1 amide bonds. The molecule has 0 aliphatic carbocycles. The largest absolute Gasteiger partial charge is 0.380 e. The van der Waals surface area contributed by atoms with E-state index in [-0.39, 0.29) is 5.91 Å². The van der Waals surface area contributed by atoms with Gasteiger partial charge in [-0.2, -0.15) is 0 Å². The van der Waals surface area contributed by atoms with Crippen molar-refractivity contribution in [3.63, 3.8) is 0 Å². The highest BCUT2D eigenvalue weighted by molar-refractivity contribution is 5.91. The van der Waals surface area contributed by atoms with Crippen molar-refractivity contribution >= 4 is 17.3 Å². The van der Waals surface area contributed by atoms with Crippen molar-refractivity contribution < 1.29 is 9.53 Å². The first-order valence-corrected chi connectivity index (χ1v) is 9.38. The van der Waals surface area contributed by atoms with E-state index in [0.29, 0.717) is 12.5 Å². The first-order chi connectivity index (χ1) is 12.7. The van der Waals surface area contributed by atoms with Crippen LogP contribution in [-0.4, -0.2) is 32.2 Å². The van der Waals surface area contributed by atoms with Gasteiger partial charge in [0.2, 0.25) is 5.91 Å². The van der Waals surface area contributed by atoms with Crippen molar-refractivity contribution in [3.8, 4) is 0 Å². The highest BCUT2D eigenvalue weighted by atomic mass is 16.5. The van der Waals surface area contributed by atoms with Crippen LogP contribution in [-0.2, 0) is 16.0 Å². The third-order valence-electron chi connectivity index (χ3n) is 5.11. The second-order valence-electron chi connectivity index (χ2n) is 6.97. The second-order valence-corrected chi connectivity index (χ2v) is 6.97. The molecule has 138 valence electrons. The fraction of sp³-hybridized carbons (Fsp3) is 0.409. The van der Waals surface area contributed by atoms with Gasteiger partial charge in [0.15, 0.2) is 0 Å². The lowest BCUT2D eigenvalue weighted by molar-refractivity contribution is -0.116. The molecule has 4 heteroatoms. The number of nitrogens with zero attached hydrogens (tertiary/aromatic N) is 1. The number of carbonyl (C=O) groups excluding carboxylic acids is 1. The molecule has 0 spiro atoms. The van der Waals surface area contributed by atoms with E-state index >= 15 is 0 Å². The van der Waals surface area contributed by atoms with Gasteiger partial charge in [0.1, 0.15) is 0 Å². The first kappa shape index (κ1) is 18.5. The number of carbonyl (C=O) groups is 1. The summed E-state index contributed by atoms with van der Waals surface area (Å²) in [6, 6.07) is 16.3. The predicted octanol–water partition coefficient (Wildman–Crippen LogP) is 4.18. The van der Waals surface area contributed by atoms with Crippen LogP contribution in [0.15, 0.2) is 48.5 Å². The average Bonchev–Trinajstić information content (AvgIpc) is 2.68. The van der Waals surface area contributed by atoms with Gasteiger partial charge in [-0.05, 0) is 61.6 Å².